The number of carbonyl (C=O) groups excluding carboxylic acids is 3. The van der Waals surface area contributed by atoms with Crippen molar-refractivity contribution in [2.45, 2.75) is 13.0 Å². The predicted octanol–water partition coefficient (Wildman–Crippen LogP) is 0.887. The molecule has 0 radical (unpaired) electrons. The van der Waals surface area contributed by atoms with Gasteiger partial charge >= 0.3 is 0 Å². The van der Waals surface area contributed by atoms with E-state index < -0.39 is 29.4 Å². The van der Waals surface area contributed by atoms with Crippen LogP contribution in [0, 0.1) is 12.8 Å². The third-order valence-corrected chi connectivity index (χ3v) is 7.03. The number of quaternary nitrogens is 1. The Labute approximate surface area is 210 Å². The maximum atomic E-state index is 13.8. The molecule has 2 aromatic rings. The number of likely N-dealkylation sites (tertiary alicyclic amines) is 1. The number of nitrogens with one attached hydrogen (secondary N) is 1. The summed E-state index contributed by atoms with van der Waals surface area (Å²) in [4.78, 5) is 43.3. The Morgan fingerprint density at radius 1 is 1.00 bits per heavy atom. The molecule has 2 aliphatic heterocycles. The van der Waals surface area contributed by atoms with Gasteiger partial charge < -0.3 is 28.7 Å². The van der Waals surface area contributed by atoms with Crippen LogP contribution >= 0.6 is 0 Å². The summed E-state index contributed by atoms with van der Waals surface area (Å²) in [6.45, 7) is 5.81. The predicted molar refractivity (Wildman–Crippen MR) is 131 cm³/mol. The maximum absolute atomic E-state index is 13.8. The maximum Gasteiger partial charge on any atom is 0.291 e. The van der Waals surface area contributed by atoms with Crippen LogP contribution in [0.15, 0.2) is 36.4 Å². The average Bonchev–Trinajstić information content (AvgIpc) is 3.16. The molecule has 0 aliphatic carbocycles. The van der Waals surface area contributed by atoms with Crippen LogP contribution in [0.5, 0.6) is 17.2 Å². The number of morpholine rings is 1. The lowest BCUT2D eigenvalue weighted by Gasteiger charge is -2.30. The second-order valence-corrected chi connectivity index (χ2v) is 9.05. The average molecular weight is 498 g/mol. The molecule has 2 saturated heterocycles. The minimum atomic E-state index is -1.19. The van der Waals surface area contributed by atoms with E-state index in [0.717, 1.165) is 18.7 Å². The first-order valence-electron chi connectivity index (χ1n) is 12.1. The number of nitrogens with zero attached hydrogens (tertiary/aromatic N) is 1. The highest BCUT2D eigenvalue weighted by atomic mass is 16.5. The Kier molecular flexibility index (Phi) is 7.91. The molecule has 0 bridgehead atoms. The highest BCUT2D eigenvalue weighted by Gasteiger charge is 2.52. The molecule has 0 aromatic heterocycles. The summed E-state index contributed by atoms with van der Waals surface area (Å²) in [5.74, 6) is -1.26. The summed E-state index contributed by atoms with van der Waals surface area (Å²) in [5, 5.41) is 0. The smallest absolute Gasteiger partial charge is 0.291 e. The van der Waals surface area contributed by atoms with Crippen molar-refractivity contribution in [3.63, 3.8) is 0 Å². The molecule has 0 spiro atoms. The SMILES string of the molecule is COc1ccc(C2C(C(=O)c3ccc(OC)c(C)c3)C(=O)C(=O)N2CC[NH+]2CCOCC2)c(OC)c1. The van der Waals surface area contributed by atoms with Crippen molar-refractivity contribution in [2.24, 2.45) is 5.92 Å². The Hall–Kier alpha value is -3.43. The van der Waals surface area contributed by atoms with Crippen LogP contribution in [0.4, 0.5) is 0 Å². The van der Waals surface area contributed by atoms with E-state index in [1.807, 2.05) is 6.92 Å². The number of ether oxygens (including phenoxy) is 4. The molecular formula is C27H33N2O7+. The van der Waals surface area contributed by atoms with Crippen molar-refractivity contribution in [3.8, 4) is 17.2 Å². The van der Waals surface area contributed by atoms with Gasteiger partial charge in [-0.25, -0.2) is 0 Å². The lowest BCUT2D eigenvalue weighted by Crippen LogP contribution is -3.14. The van der Waals surface area contributed by atoms with Gasteiger partial charge in [0.25, 0.3) is 5.91 Å². The molecule has 1 amide bonds. The molecule has 2 aliphatic rings. The van der Waals surface area contributed by atoms with Crippen LogP contribution in [0.3, 0.4) is 0 Å². The van der Waals surface area contributed by atoms with Crippen LogP contribution in [0.1, 0.15) is 27.5 Å². The fourth-order valence-electron chi connectivity index (χ4n) is 5.04. The van der Waals surface area contributed by atoms with Crippen LogP contribution in [-0.4, -0.2) is 83.1 Å². The summed E-state index contributed by atoms with van der Waals surface area (Å²) in [6.07, 6.45) is 0. The fraction of sp³-hybridized carbons (Fsp3) is 0.444. The molecule has 9 heteroatoms. The van der Waals surface area contributed by atoms with E-state index in [4.69, 9.17) is 18.9 Å². The number of ketones is 2. The van der Waals surface area contributed by atoms with Gasteiger partial charge in [-0.3, -0.25) is 14.4 Å². The summed E-state index contributed by atoms with van der Waals surface area (Å²) < 4.78 is 21.7. The minimum Gasteiger partial charge on any atom is -0.497 e. The normalized spacial score (nSPS) is 20.5. The van der Waals surface area contributed by atoms with Gasteiger partial charge in [-0.05, 0) is 42.8 Å². The molecular weight excluding hydrogens is 464 g/mol. The number of carbonyl (C=O) groups is 3. The van der Waals surface area contributed by atoms with Gasteiger partial charge in [-0.15, -0.1) is 0 Å². The summed E-state index contributed by atoms with van der Waals surface area (Å²) in [7, 11) is 4.62. The van der Waals surface area contributed by atoms with E-state index in [1.165, 1.54) is 16.9 Å². The van der Waals surface area contributed by atoms with Crippen molar-refractivity contribution < 1.29 is 38.2 Å². The Morgan fingerprint density at radius 2 is 1.72 bits per heavy atom. The van der Waals surface area contributed by atoms with E-state index in [-0.39, 0.29) is 0 Å². The number of rotatable bonds is 9. The molecule has 0 saturated carbocycles. The van der Waals surface area contributed by atoms with Gasteiger partial charge in [0.2, 0.25) is 5.78 Å². The fourth-order valence-corrected chi connectivity index (χ4v) is 5.04. The zero-order valence-corrected chi connectivity index (χ0v) is 21.2. The number of aryl methyl sites for hydroxylation is 1. The summed E-state index contributed by atoms with van der Waals surface area (Å²) in [6, 6.07) is 9.45. The first kappa shape index (κ1) is 25.7. The standard InChI is InChI=1S/C27H32N2O7/c1-17-15-18(5-8-21(17)34-3)25(30)23-24(20-7-6-19(33-2)16-22(20)35-4)29(27(32)26(23)31)10-9-28-11-13-36-14-12-28/h5-8,15-16,23-24H,9-14H2,1-4H3/p+1. The monoisotopic (exact) mass is 497 g/mol. The van der Waals surface area contributed by atoms with Crippen LogP contribution in [0.25, 0.3) is 0 Å². The summed E-state index contributed by atoms with van der Waals surface area (Å²) >= 11 is 0. The van der Waals surface area contributed by atoms with Crippen molar-refractivity contribution in [3.05, 3.63) is 53.1 Å². The second-order valence-electron chi connectivity index (χ2n) is 9.05. The Morgan fingerprint density at radius 3 is 2.36 bits per heavy atom. The van der Waals surface area contributed by atoms with E-state index in [9.17, 15) is 14.4 Å². The molecule has 1 N–H and O–H groups in total. The van der Waals surface area contributed by atoms with Crippen molar-refractivity contribution in [1.82, 2.24) is 4.90 Å². The lowest BCUT2D eigenvalue weighted by molar-refractivity contribution is -0.907. The number of hydrogen-bond donors (Lipinski definition) is 1. The molecule has 2 atom stereocenters. The van der Waals surface area contributed by atoms with Crippen LogP contribution in [-0.2, 0) is 14.3 Å². The van der Waals surface area contributed by atoms with Gasteiger partial charge in [-0.1, -0.05) is 0 Å². The van der Waals surface area contributed by atoms with Crippen molar-refractivity contribution in [1.29, 1.82) is 0 Å². The van der Waals surface area contributed by atoms with Crippen LogP contribution in [0.2, 0.25) is 0 Å². The number of amides is 1. The Bertz CT molecular complexity index is 1140. The van der Waals surface area contributed by atoms with Gasteiger partial charge in [-0.2, -0.15) is 0 Å². The zero-order valence-electron chi connectivity index (χ0n) is 21.2. The number of Topliss-reactive ketones (excluding diaryl/α,β-unsaturated/α-hetero) is 2. The van der Waals surface area contributed by atoms with E-state index in [2.05, 4.69) is 0 Å². The quantitative estimate of drug-likeness (QED) is 0.312. The molecule has 2 aromatic carbocycles. The molecule has 9 nitrogen and oxygen atoms in total. The molecule has 2 heterocycles. The van der Waals surface area contributed by atoms with Crippen molar-refractivity contribution >= 4 is 17.5 Å². The number of methoxy groups -OCH3 is 3. The third kappa shape index (κ3) is 4.94. The minimum absolute atomic E-state index is 0.338. The van der Waals surface area contributed by atoms with Crippen LogP contribution < -0.4 is 19.1 Å². The van der Waals surface area contributed by atoms with Crippen molar-refractivity contribution in [2.75, 3.05) is 60.7 Å². The zero-order chi connectivity index (χ0) is 25.8. The first-order valence-corrected chi connectivity index (χ1v) is 12.1. The second kappa shape index (κ2) is 11.1. The molecule has 192 valence electrons. The largest absolute Gasteiger partial charge is 0.497 e. The lowest BCUT2D eigenvalue weighted by atomic mass is 9.85. The third-order valence-electron chi connectivity index (χ3n) is 7.03. The number of hydrogen-bond acceptors (Lipinski definition) is 7. The molecule has 4 rings (SSSR count). The molecule has 2 unspecified atom stereocenters. The van der Waals surface area contributed by atoms with E-state index in [0.29, 0.717) is 54.7 Å². The van der Waals surface area contributed by atoms with E-state index in [1.54, 1.807) is 50.6 Å². The number of benzene rings is 2. The summed E-state index contributed by atoms with van der Waals surface area (Å²) in [5.41, 5.74) is 1.72. The molecule has 2 fully saturated rings. The Balaban J connectivity index is 1.74. The highest BCUT2D eigenvalue weighted by Crippen LogP contribution is 2.43. The highest BCUT2D eigenvalue weighted by molar-refractivity contribution is 6.44. The van der Waals surface area contributed by atoms with Gasteiger partial charge in [0.05, 0.1) is 53.7 Å². The van der Waals surface area contributed by atoms with Gasteiger partial charge in [0.15, 0.2) is 5.78 Å². The topological polar surface area (TPSA) is 95.8 Å². The van der Waals surface area contributed by atoms with Gasteiger partial charge in [0.1, 0.15) is 36.3 Å². The first-order chi connectivity index (χ1) is 17.4. The van der Waals surface area contributed by atoms with Gasteiger partial charge in [0, 0.05) is 17.2 Å². The molecule has 36 heavy (non-hydrogen) atoms. The van der Waals surface area contributed by atoms with E-state index >= 15 is 0 Å².